The van der Waals surface area contributed by atoms with Crippen LogP contribution in [0.2, 0.25) is 0 Å². The fourth-order valence-corrected chi connectivity index (χ4v) is 3.66. The summed E-state index contributed by atoms with van der Waals surface area (Å²) in [6.45, 7) is 4.59. The van der Waals surface area contributed by atoms with Crippen molar-refractivity contribution in [3.05, 3.63) is 81.9 Å². The predicted molar refractivity (Wildman–Crippen MR) is 129 cm³/mol. The number of ether oxygens (including phenoxy) is 2. The molecule has 34 heavy (non-hydrogen) atoms. The van der Waals surface area contributed by atoms with Crippen LogP contribution >= 0.6 is 0 Å². The average Bonchev–Trinajstić information content (AvgIpc) is 3.27. The zero-order chi connectivity index (χ0) is 24.1. The van der Waals surface area contributed by atoms with Crippen LogP contribution in [-0.2, 0) is 4.74 Å². The Labute approximate surface area is 196 Å². The van der Waals surface area contributed by atoms with Gasteiger partial charge in [-0.25, -0.2) is 4.98 Å². The zero-order valence-corrected chi connectivity index (χ0v) is 19.1. The molecule has 0 spiro atoms. The molecule has 8 nitrogen and oxygen atoms in total. The maximum atomic E-state index is 12.6. The second-order valence-corrected chi connectivity index (χ2v) is 7.81. The van der Waals surface area contributed by atoms with Gasteiger partial charge in [0.05, 0.1) is 30.0 Å². The minimum absolute atomic E-state index is 0.187. The molecule has 0 aliphatic heterocycles. The third-order valence-electron chi connectivity index (χ3n) is 5.17. The van der Waals surface area contributed by atoms with Gasteiger partial charge >= 0.3 is 0 Å². The number of nitriles is 1. The molecule has 0 unspecified atom stereocenters. The number of pyridine rings is 1. The molecule has 0 bridgehead atoms. The summed E-state index contributed by atoms with van der Waals surface area (Å²) in [6.07, 6.45) is 3.22. The lowest BCUT2D eigenvalue weighted by Gasteiger charge is -2.11. The average molecular weight is 457 g/mol. The Hall–Kier alpha value is -4.35. The number of benzene rings is 2. The van der Waals surface area contributed by atoms with Gasteiger partial charge in [-0.1, -0.05) is 0 Å². The Morgan fingerprint density at radius 1 is 1.12 bits per heavy atom. The molecule has 2 aromatic carbocycles. The standard InChI is InChI=1S/C26H24N4O4/c1-16-8-18(14-27)10-21(9-16)30-26-29-15-23(34-26)19-11-20(13-22(12-19)33-7-6-32-3)24-17(2)4-5-28-25(24)31/h4-5,8-13,15H,6-7H2,1-3H3,(H,28,31)(H,29,30). The van der Waals surface area contributed by atoms with E-state index in [-0.39, 0.29) is 11.6 Å². The third-order valence-corrected chi connectivity index (χ3v) is 5.17. The van der Waals surface area contributed by atoms with E-state index in [9.17, 15) is 10.1 Å². The van der Waals surface area contributed by atoms with Crippen LogP contribution in [0.4, 0.5) is 11.7 Å². The number of anilines is 2. The Morgan fingerprint density at radius 2 is 1.94 bits per heavy atom. The normalized spacial score (nSPS) is 10.6. The Kier molecular flexibility index (Phi) is 6.76. The Balaban J connectivity index is 1.70. The first kappa shape index (κ1) is 22.8. The summed E-state index contributed by atoms with van der Waals surface area (Å²) in [6, 6.07) is 15.2. The topological polar surface area (TPSA) is 113 Å². The molecule has 2 N–H and O–H groups in total. The smallest absolute Gasteiger partial charge is 0.299 e. The van der Waals surface area contributed by atoms with Crippen LogP contribution in [0.1, 0.15) is 16.7 Å². The molecule has 172 valence electrons. The van der Waals surface area contributed by atoms with Gasteiger partial charge in [0.25, 0.3) is 11.6 Å². The number of hydrogen-bond donors (Lipinski definition) is 2. The molecule has 0 saturated heterocycles. The zero-order valence-electron chi connectivity index (χ0n) is 19.1. The minimum atomic E-state index is -0.187. The van der Waals surface area contributed by atoms with Crippen molar-refractivity contribution in [2.24, 2.45) is 0 Å². The molecule has 0 amide bonds. The maximum Gasteiger partial charge on any atom is 0.299 e. The van der Waals surface area contributed by atoms with E-state index in [2.05, 4.69) is 21.4 Å². The van der Waals surface area contributed by atoms with E-state index in [0.717, 1.165) is 11.1 Å². The van der Waals surface area contributed by atoms with Gasteiger partial charge in [-0.3, -0.25) is 4.79 Å². The molecular formula is C26H24N4O4. The van der Waals surface area contributed by atoms with Gasteiger partial charge in [-0.15, -0.1) is 0 Å². The summed E-state index contributed by atoms with van der Waals surface area (Å²) >= 11 is 0. The number of hydrogen-bond acceptors (Lipinski definition) is 7. The second kappa shape index (κ2) is 10.1. The maximum absolute atomic E-state index is 12.6. The molecule has 2 aromatic heterocycles. The van der Waals surface area contributed by atoms with Crippen molar-refractivity contribution in [3.63, 3.8) is 0 Å². The molecule has 4 aromatic rings. The van der Waals surface area contributed by atoms with Gasteiger partial charge in [0.15, 0.2) is 5.76 Å². The largest absolute Gasteiger partial charge is 0.491 e. The van der Waals surface area contributed by atoms with Crippen LogP contribution in [0.25, 0.3) is 22.5 Å². The van der Waals surface area contributed by atoms with Gasteiger partial charge < -0.3 is 24.2 Å². The lowest BCUT2D eigenvalue weighted by atomic mass is 9.99. The van der Waals surface area contributed by atoms with Crippen molar-refractivity contribution in [1.82, 2.24) is 9.97 Å². The van der Waals surface area contributed by atoms with Gasteiger partial charge in [0.1, 0.15) is 12.4 Å². The summed E-state index contributed by atoms with van der Waals surface area (Å²) in [5.74, 6) is 1.08. The number of nitrogens with zero attached hydrogens (tertiary/aromatic N) is 2. The SMILES string of the molecule is COCCOc1cc(-c2cnc(Nc3cc(C)cc(C#N)c3)o2)cc(-c2c(C)cc[nH]c2=O)c1. The molecule has 0 radical (unpaired) electrons. The molecule has 0 atom stereocenters. The fourth-order valence-electron chi connectivity index (χ4n) is 3.66. The van der Waals surface area contributed by atoms with Gasteiger partial charge in [-0.2, -0.15) is 5.26 Å². The van der Waals surface area contributed by atoms with E-state index >= 15 is 0 Å². The molecule has 0 aliphatic rings. The number of methoxy groups -OCH3 is 1. The van der Waals surface area contributed by atoms with E-state index in [4.69, 9.17) is 13.9 Å². The second-order valence-electron chi connectivity index (χ2n) is 7.81. The number of rotatable bonds is 8. The van der Waals surface area contributed by atoms with Crippen molar-refractivity contribution >= 4 is 11.7 Å². The molecular weight excluding hydrogens is 432 g/mol. The summed E-state index contributed by atoms with van der Waals surface area (Å²) in [5.41, 5.74) is 4.81. The highest BCUT2D eigenvalue weighted by Gasteiger charge is 2.14. The number of oxazole rings is 1. The van der Waals surface area contributed by atoms with Crippen molar-refractivity contribution in [1.29, 1.82) is 5.26 Å². The summed E-state index contributed by atoms with van der Waals surface area (Å²) in [4.78, 5) is 19.6. The highest BCUT2D eigenvalue weighted by molar-refractivity contribution is 5.74. The molecule has 2 heterocycles. The Bertz CT molecular complexity index is 1420. The summed E-state index contributed by atoms with van der Waals surface area (Å²) < 4.78 is 16.9. The van der Waals surface area contributed by atoms with E-state index in [0.29, 0.717) is 52.7 Å². The highest BCUT2D eigenvalue weighted by Crippen LogP contribution is 2.33. The Morgan fingerprint density at radius 3 is 2.71 bits per heavy atom. The molecule has 0 saturated carbocycles. The molecule has 0 fully saturated rings. The van der Waals surface area contributed by atoms with Gasteiger partial charge in [0, 0.05) is 24.6 Å². The molecule has 0 aliphatic carbocycles. The summed E-state index contributed by atoms with van der Waals surface area (Å²) in [7, 11) is 1.61. The number of nitrogens with one attached hydrogen (secondary N) is 2. The first-order chi connectivity index (χ1) is 16.5. The lowest BCUT2D eigenvalue weighted by molar-refractivity contribution is 0.146. The van der Waals surface area contributed by atoms with E-state index in [1.54, 1.807) is 31.6 Å². The molecule has 4 rings (SSSR count). The third kappa shape index (κ3) is 5.17. The number of aromatic nitrogens is 2. The van der Waals surface area contributed by atoms with Crippen molar-refractivity contribution < 1.29 is 13.9 Å². The number of aromatic amines is 1. The van der Waals surface area contributed by atoms with Crippen LogP contribution in [-0.4, -0.2) is 30.3 Å². The minimum Gasteiger partial charge on any atom is -0.491 e. The summed E-state index contributed by atoms with van der Waals surface area (Å²) in [5, 5.41) is 12.3. The van der Waals surface area contributed by atoms with Gasteiger partial charge in [0.2, 0.25) is 0 Å². The first-order valence-electron chi connectivity index (χ1n) is 10.7. The predicted octanol–water partition coefficient (Wildman–Crippen LogP) is 4.95. The van der Waals surface area contributed by atoms with Crippen LogP contribution < -0.4 is 15.6 Å². The fraction of sp³-hybridized carbons (Fsp3) is 0.192. The quantitative estimate of drug-likeness (QED) is 0.361. The van der Waals surface area contributed by atoms with Crippen LogP contribution in [0, 0.1) is 25.2 Å². The van der Waals surface area contributed by atoms with Crippen LogP contribution in [0.15, 0.2) is 64.1 Å². The number of aryl methyl sites for hydroxylation is 2. The number of H-pyrrole nitrogens is 1. The van der Waals surface area contributed by atoms with Crippen LogP contribution in [0.3, 0.4) is 0 Å². The van der Waals surface area contributed by atoms with Crippen molar-refractivity contribution in [3.8, 4) is 34.3 Å². The monoisotopic (exact) mass is 456 g/mol. The highest BCUT2D eigenvalue weighted by atomic mass is 16.5. The van der Waals surface area contributed by atoms with E-state index < -0.39 is 0 Å². The molecule has 8 heteroatoms. The van der Waals surface area contributed by atoms with Crippen LogP contribution in [0.5, 0.6) is 5.75 Å². The van der Waals surface area contributed by atoms with Gasteiger partial charge in [-0.05, 0) is 73.0 Å². The van der Waals surface area contributed by atoms with E-state index in [1.807, 2.05) is 44.2 Å². The van der Waals surface area contributed by atoms with Crippen molar-refractivity contribution in [2.75, 3.05) is 25.6 Å². The van der Waals surface area contributed by atoms with Crippen molar-refractivity contribution in [2.45, 2.75) is 13.8 Å². The van der Waals surface area contributed by atoms with E-state index in [1.165, 1.54) is 0 Å². The first-order valence-corrected chi connectivity index (χ1v) is 10.7. The lowest BCUT2D eigenvalue weighted by Crippen LogP contribution is -2.10.